The molecule has 0 aliphatic carbocycles. The number of hydrogen-bond donors (Lipinski definition) is 2. The van der Waals surface area contributed by atoms with Crippen LogP contribution in [0, 0.1) is 0 Å². The van der Waals surface area contributed by atoms with E-state index in [0.29, 0.717) is 18.0 Å². The van der Waals surface area contributed by atoms with Crippen molar-refractivity contribution in [2.45, 2.75) is 20.3 Å². The topological polar surface area (TPSA) is 73.6 Å². The van der Waals surface area contributed by atoms with Crippen LogP contribution >= 0.6 is 7.07 Å². The molecule has 0 saturated carbocycles. The number of benzene rings is 1. The van der Waals surface area contributed by atoms with Crippen LogP contribution in [0.2, 0.25) is 0 Å². The first-order valence-corrected chi connectivity index (χ1v) is 9.44. The van der Waals surface area contributed by atoms with Crippen molar-refractivity contribution in [2.24, 2.45) is 5.73 Å². The lowest BCUT2D eigenvalue weighted by atomic mass is 10.0. The third-order valence-electron chi connectivity index (χ3n) is 3.00. The van der Waals surface area contributed by atoms with E-state index in [9.17, 15) is 4.79 Å². The standard InChI is InChI=1S/C16H22N2O3PS/c1-4-13-7-5-6-8-14(13)15(17)9-10-18-22(23)21-12(2)11-16(19)20-3/h5-9,11H,4,10,17H2,1-3H3,(H,18,23)/q+1. The quantitative estimate of drug-likeness (QED) is 0.324. The van der Waals surface area contributed by atoms with Crippen molar-refractivity contribution in [1.82, 2.24) is 5.09 Å². The van der Waals surface area contributed by atoms with Crippen molar-refractivity contribution in [3.8, 4) is 0 Å². The molecule has 1 atom stereocenters. The molecule has 0 aliphatic rings. The highest BCUT2D eigenvalue weighted by Crippen LogP contribution is 2.22. The Labute approximate surface area is 143 Å². The molecule has 1 aromatic rings. The van der Waals surface area contributed by atoms with E-state index in [1.54, 1.807) is 6.92 Å². The number of nitrogens with one attached hydrogen (secondary N) is 1. The number of nitrogens with two attached hydrogens (primary N) is 1. The van der Waals surface area contributed by atoms with Gasteiger partial charge in [-0.25, -0.2) is 4.79 Å². The second kappa shape index (κ2) is 10.1. The lowest BCUT2D eigenvalue weighted by molar-refractivity contribution is -0.135. The molecule has 0 aromatic heterocycles. The zero-order valence-electron chi connectivity index (χ0n) is 13.5. The predicted octanol–water partition coefficient (Wildman–Crippen LogP) is 3.01. The molecule has 124 valence electrons. The van der Waals surface area contributed by atoms with Crippen molar-refractivity contribution < 1.29 is 14.1 Å². The fraction of sp³-hybridized carbons (Fsp3) is 0.312. The fourth-order valence-electron chi connectivity index (χ4n) is 1.86. The van der Waals surface area contributed by atoms with Gasteiger partial charge in [-0.3, -0.25) is 4.52 Å². The number of rotatable bonds is 8. The number of allylic oxidation sites excluding steroid dienone is 1. The summed E-state index contributed by atoms with van der Waals surface area (Å²) in [6, 6.07) is 8.03. The van der Waals surface area contributed by atoms with Crippen molar-refractivity contribution in [3.63, 3.8) is 0 Å². The normalized spacial score (nSPS) is 12.7. The first-order valence-electron chi connectivity index (χ1n) is 7.16. The number of carbonyl (C=O) groups excluding carboxylic acids is 1. The predicted molar refractivity (Wildman–Crippen MR) is 97.1 cm³/mol. The van der Waals surface area contributed by atoms with Crippen molar-refractivity contribution in [1.29, 1.82) is 0 Å². The molecule has 0 saturated heterocycles. The number of ether oxygens (including phenoxy) is 1. The van der Waals surface area contributed by atoms with E-state index < -0.39 is 13.0 Å². The maximum Gasteiger partial charge on any atom is 0.489 e. The summed E-state index contributed by atoms with van der Waals surface area (Å²) in [4.78, 5) is 11.1. The molecule has 0 spiro atoms. The zero-order valence-corrected chi connectivity index (χ0v) is 15.2. The van der Waals surface area contributed by atoms with Gasteiger partial charge in [0.1, 0.15) is 0 Å². The summed E-state index contributed by atoms with van der Waals surface area (Å²) in [5.41, 5.74) is 9.07. The summed E-state index contributed by atoms with van der Waals surface area (Å²) in [6.07, 6.45) is 4.05. The molecule has 1 aromatic carbocycles. The third kappa shape index (κ3) is 6.91. The van der Waals surface area contributed by atoms with Crippen LogP contribution in [-0.2, 0) is 32.3 Å². The molecule has 0 amide bonds. The van der Waals surface area contributed by atoms with Crippen LogP contribution in [-0.4, -0.2) is 19.6 Å². The summed E-state index contributed by atoms with van der Waals surface area (Å²) in [5, 5.41) is 3.05. The molecule has 1 unspecified atom stereocenters. The lowest BCUT2D eigenvalue weighted by Crippen LogP contribution is -2.08. The minimum atomic E-state index is -1.31. The SMILES string of the molecule is CCc1ccccc1C(N)=CCN[P+](=S)OC(C)=CC(=O)OC. The Hall–Kier alpha value is -1.75. The van der Waals surface area contributed by atoms with E-state index in [-0.39, 0.29) is 0 Å². The molecule has 1 rings (SSSR count). The van der Waals surface area contributed by atoms with Crippen LogP contribution in [0.1, 0.15) is 25.0 Å². The molecule has 0 radical (unpaired) electrons. The van der Waals surface area contributed by atoms with Crippen molar-refractivity contribution in [3.05, 3.63) is 53.3 Å². The van der Waals surface area contributed by atoms with Crippen LogP contribution in [0.25, 0.3) is 5.70 Å². The maximum absolute atomic E-state index is 11.1. The smallest absolute Gasteiger partial charge is 0.466 e. The highest BCUT2D eigenvalue weighted by Gasteiger charge is 2.13. The Kier molecular flexibility index (Phi) is 8.48. The summed E-state index contributed by atoms with van der Waals surface area (Å²) in [5.74, 6) is -0.0556. The van der Waals surface area contributed by atoms with Crippen LogP contribution in [0.5, 0.6) is 0 Å². The molecular weight excluding hydrogens is 331 g/mol. The number of aryl methyl sites for hydroxylation is 1. The largest absolute Gasteiger partial charge is 0.489 e. The average molecular weight is 353 g/mol. The molecule has 23 heavy (non-hydrogen) atoms. The highest BCUT2D eigenvalue weighted by atomic mass is 32.4. The maximum atomic E-state index is 11.1. The van der Waals surface area contributed by atoms with E-state index in [1.165, 1.54) is 18.7 Å². The van der Waals surface area contributed by atoms with Crippen LogP contribution < -0.4 is 10.8 Å². The van der Waals surface area contributed by atoms with Gasteiger partial charge in [-0.2, -0.15) is 0 Å². The van der Waals surface area contributed by atoms with Crippen LogP contribution in [0.3, 0.4) is 0 Å². The van der Waals surface area contributed by atoms with Gasteiger partial charge in [0, 0.05) is 11.3 Å². The number of esters is 1. The molecule has 7 heteroatoms. The Morgan fingerprint density at radius 3 is 2.78 bits per heavy atom. The zero-order chi connectivity index (χ0) is 17.2. The van der Waals surface area contributed by atoms with Crippen LogP contribution in [0.4, 0.5) is 0 Å². The summed E-state index contributed by atoms with van der Waals surface area (Å²) < 4.78 is 9.93. The van der Waals surface area contributed by atoms with Crippen molar-refractivity contribution in [2.75, 3.05) is 13.7 Å². The Balaban J connectivity index is 2.56. The van der Waals surface area contributed by atoms with Crippen molar-refractivity contribution >= 4 is 30.5 Å². The summed E-state index contributed by atoms with van der Waals surface area (Å²) in [6.45, 7) is 4.24. The Bertz CT molecular complexity index is 630. The molecule has 5 nitrogen and oxygen atoms in total. The van der Waals surface area contributed by atoms with E-state index in [1.807, 2.05) is 24.3 Å². The molecule has 0 heterocycles. The minimum absolute atomic E-state index is 0.416. The first-order chi connectivity index (χ1) is 11.0. The Morgan fingerprint density at radius 2 is 2.13 bits per heavy atom. The monoisotopic (exact) mass is 353 g/mol. The molecule has 0 bridgehead atoms. The van der Waals surface area contributed by atoms with Gasteiger partial charge >= 0.3 is 13.0 Å². The lowest BCUT2D eigenvalue weighted by Gasteiger charge is -2.07. The molecule has 0 fully saturated rings. The van der Waals surface area contributed by atoms with Gasteiger partial charge in [0.25, 0.3) is 0 Å². The van der Waals surface area contributed by atoms with Gasteiger partial charge < -0.3 is 10.5 Å². The second-order valence-corrected chi connectivity index (χ2v) is 6.67. The van der Waals surface area contributed by atoms with Gasteiger partial charge in [-0.1, -0.05) is 36.3 Å². The number of carbonyl (C=O) groups is 1. The molecule has 3 N–H and O–H groups in total. The third-order valence-corrected chi connectivity index (χ3v) is 4.51. The Morgan fingerprint density at radius 1 is 1.43 bits per heavy atom. The van der Waals surface area contributed by atoms with Crippen LogP contribution in [0.15, 0.2) is 42.2 Å². The fourth-order valence-corrected chi connectivity index (χ4v) is 3.06. The second-order valence-electron chi connectivity index (χ2n) is 4.66. The summed E-state index contributed by atoms with van der Waals surface area (Å²) in [7, 11) is -0.00117. The number of methoxy groups -OCH3 is 1. The summed E-state index contributed by atoms with van der Waals surface area (Å²) >= 11 is 5.19. The van der Waals surface area contributed by atoms with Gasteiger partial charge in [0.05, 0.1) is 19.7 Å². The number of hydrogen-bond acceptors (Lipinski definition) is 5. The minimum Gasteiger partial charge on any atom is -0.466 e. The first kappa shape index (κ1) is 19.3. The molecule has 0 aliphatic heterocycles. The van der Waals surface area contributed by atoms with Gasteiger partial charge in [-0.15, -0.1) is 0 Å². The molecular formula is C16H22N2O3PS+. The van der Waals surface area contributed by atoms with E-state index in [2.05, 4.69) is 22.8 Å². The van der Waals surface area contributed by atoms with E-state index in [4.69, 9.17) is 22.1 Å². The highest BCUT2D eigenvalue weighted by molar-refractivity contribution is 8.02. The van der Waals surface area contributed by atoms with E-state index in [0.717, 1.165) is 12.0 Å². The average Bonchev–Trinajstić information content (AvgIpc) is 2.54. The van der Waals surface area contributed by atoms with E-state index >= 15 is 0 Å². The van der Waals surface area contributed by atoms with Gasteiger partial charge in [0.15, 0.2) is 5.76 Å². The van der Waals surface area contributed by atoms with Gasteiger partial charge in [0.2, 0.25) is 11.8 Å². The van der Waals surface area contributed by atoms with Gasteiger partial charge in [-0.05, 0) is 25.0 Å².